The third-order valence-electron chi connectivity index (χ3n) is 2.16. The summed E-state index contributed by atoms with van der Waals surface area (Å²) in [5.41, 5.74) is 0.122. The first-order valence-corrected chi connectivity index (χ1v) is 6.09. The number of amides is 2. The van der Waals surface area contributed by atoms with Gasteiger partial charge in [0.1, 0.15) is 0 Å². The van der Waals surface area contributed by atoms with Crippen molar-refractivity contribution in [3.05, 3.63) is 40.4 Å². The largest absolute Gasteiger partial charge is 0.478 e. The highest BCUT2D eigenvalue weighted by atomic mass is 35.5. The lowest BCUT2D eigenvalue weighted by Gasteiger charge is -2.11. The van der Waals surface area contributed by atoms with Gasteiger partial charge in [-0.25, -0.2) is 9.59 Å². The van der Waals surface area contributed by atoms with Crippen molar-refractivity contribution in [2.24, 2.45) is 0 Å². The molecule has 0 saturated heterocycles. The minimum atomic E-state index is -1.15. The molecule has 0 atom stereocenters. The maximum atomic E-state index is 11.5. The predicted octanol–water partition coefficient (Wildman–Crippen LogP) is 3.39. The first-order chi connectivity index (χ1) is 8.95. The summed E-state index contributed by atoms with van der Waals surface area (Å²) >= 11 is 11.8. The van der Waals surface area contributed by atoms with Crippen LogP contribution in [0.15, 0.2) is 24.8 Å². The van der Waals surface area contributed by atoms with Gasteiger partial charge in [0.05, 0.1) is 21.3 Å². The lowest BCUT2D eigenvalue weighted by molar-refractivity contribution is 0.0697. The quantitative estimate of drug-likeness (QED) is 0.576. The van der Waals surface area contributed by atoms with Crippen LogP contribution < -0.4 is 10.6 Å². The van der Waals surface area contributed by atoms with E-state index in [0.717, 1.165) is 0 Å². The fraction of sp³-hybridized carbons (Fsp3) is 0.167. The smallest absolute Gasteiger partial charge is 0.335 e. The average molecular weight is 303 g/mol. The molecule has 0 aliphatic rings. The first kappa shape index (κ1) is 15.3. The summed E-state index contributed by atoms with van der Waals surface area (Å²) in [7, 11) is 0. The van der Waals surface area contributed by atoms with Gasteiger partial charge in [-0.05, 0) is 18.6 Å². The maximum absolute atomic E-state index is 11.5. The van der Waals surface area contributed by atoms with Crippen molar-refractivity contribution in [1.29, 1.82) is 0 Å². The second-order valence-corrected chi connectivity index (χ2v) is 4.39. The number of carbonyl (C=O) groups is 2. The van der Waals surface area contributed by atoms with E-state index in [1.54, 1.807) is 6.08 Å². The monoisotopic (exact) mass is 302 g/mol. The second-order valence-electron chi connectivity index (χ2n) is 3.58. The molecule has 7 heteroatoms. The van der Waals surface area contributed by atoms with Crippen LogP contribution in [0.5, 0.6) is 0 Å². The van der Waals surface area contributed by atoms with Gasteiger partial charge in [0.25, 0.3) is 0 Å². The number of halogens is 2. The van der Waals surface area contributed by atoms with Crippen LogP contribution in [-0.4, -0.2) is 23.7 Å². The second kappa shape index (κ2) is 7.01. The Morgan fingerprint density at radius 1 is 1.32 bits per heavy atom. The zero-order valence-corrected chi connectivity index (χ0v) is 11.4. The summed E-state index contributed by atoms with van der Waals surface area (Å²) in [6, 6.07) is 1.96. The number of rotatable bonds is 5. The van der Waals surface area contributed by atoms with E-state index in [1.165, 1.54) is 12.1 Å². The summed E-state index contributed by atoms with van der Waals surface area (Å²) in [6.07, 6.45) is 2.30. The number of hydrogen-bond donors (Lipinski definition) is 3. The van der Waals surface area contributed by atoms with Gasteiger partial charge in [0.15, 0.2) is 0 Å². The van der Waals surface area contributed by atoms with E-state index in [2.05, 4.69) is 17.2 Å². The van der Waals surface area contributed by atoms with Crippen LogP contribution in [-0.2, 0) is 0 Å². The molecular weight excluding hydrogens is 291 g/mol. The minimum absolute atomic E-state index is 0.0485. The standard InChI is InChI=1S/C12H12Cl2N2O3/c1-2-3-4-15-12(19)16-10-8(13)5-7(11(17)18)6-9(10)14/h2,5-6H,1,3-4H2,(H,17,18)(H2,15,16,19). The fourth-order valence-electron chi connectivity index (χ4n) is 1.26. The van der Waals surface area contributed by atoms with E-state index < -0.39 is 12.0 Å². The molecule has 0 radical (unpaired) electrons. The normalized spacial score (nSPS) is 9.79. The molecule has 0 aliphatic heterocycles. The van der Waals surface area contributed by atoms with Crippen LogP contribution in [0.1, 0.15) is 16.8 Å². The van der Waals surface area contributed by atoms with Crippen LogP contribution in [0.25, 0.3) is 0 Å². The number of benzene rings is 1. The summed E-state index contributed by atoms with van der Waals surface area (Å²) < 4.78 is 0. The van der Waals surface area contributed by atoms with Gasteiger partial charge in [0, 0.05) is 6.54 Å². The Bertz CT molecular complexity index is 495. The molecule has 102 valence electrons. The zero-order chi connectivity index (χ0) is 14.4. The molecule has 5 nitrogen and oxygen atoms in total. The van der Waals surface area contributed by atoms with Gasteiger partial charge in [-0.3, -0.25) is 0 Å². The molecule has 0 fully saturated rings. The number of carboxylic acid groups (broad SMARTS) is 1. The third kappa shape index (κ3) is 4.46. The van der Waals surface area contributed by atoms with Crippen LogP contribution >= 0.6 is 23.2 Å². The molecule has 1 aromatic carbocycles. The summed E-state index contributed by atoms with van der Waals surface area (Å²) in [5, 5.41) is 14.0. The van der Waals surface area contributed by atoms with Gasteiger partial charge in [-0.2, -0.15) is 0 Å². The molecule has 0 aromatic heterocycles. The molecule has 1 rings (SSSR count). The molecular formula is C12H12Cl2N2O3. The van der Waals surface area contributed by atoms with Crippen LogP contribution in [0.3, 0.4) is 0 Å². The molecule has 2 amide bonds. The Labute approximate surface area is 120 Å². The van der Waals surface area contributed by atoms with E-state index >= 15 is 0 Å². The summed E-state index contributed by atoms with van der Waals surface area (Å²) in [4.78, 5) is 22.3. The van der Waals surface area contributed by atoms with Crippen molar-refractivity contribution in [1.82, 2.24) is 5.32 Å². The minimum Gasteiger partial charge on any atom is -0.478 e. The van der Waals surface area contributed by atoms with Gasteiger partial charge >= 0.3 is 12.0 Å². The van der Waals surface area contributed by atoms with Gasteiger partial charge in [-0.15, -0.1) is 6.58 Å². The third-order valence-corrected chi connectivity index (χ3v) is 2.76. The molecule has 0 aliphatic carbocycles. The summed E-state index contributed by atoms with van der Waals surface area (Å²) in [5.74, 6) is -1.15. The molecule has 0 heterocycles. The number of urea groups is 1. The molecule has 0 spiro atoms. The Kier molecular flexibility index (Phi) is 5.66. The van der Waals surface area contributed by atoms with Gasteiger partial charge in [0.2, 0.25) is 0 Å². The topological polar surface area (TPSA) is 78.4 Å². The Balaban J connectivity index is 2.81. The molecule has 0 unspecified atom stereocenters. The van der Waals surface area contributed by atoms with Crippen LogP contribution in [0.2, 0.25) is 10.0 Å². The number of carbonyl (C=O) groups excluding carboxylic acids is 1. The molecule has 3 N–H and O–H groups in total. The van der Waals surface area contributed by atoms with E-state index in [-0.39, 0.29) is 21.3 Å². The number of nitrogens with one attached hydrogen (secondary N) is 2. The van der Waals surface area contributed by atoms with Crippen molar-refractivity contribution in [2.45, 2.75) is 6.42 Å². The molecule has 19 heavy (non-hydrogen) atoms. The van der Waals surface area contributed by atoms with E-state index in [1.807, 2.05) is 0 Å². The average Bonchev–Trinajstić information content (AvgIpc) is 2.33. The van der Waals surface area contributed by atoms with Crippen LogP contribution in [0.4, 0.5) is 10.5 Å². The van der Waals surface area contributed by atoms with Gasteiger partial charge < -0.3 is 15.7 Å². The Morgan fingerprint density at radius 2 is 1.89 bits per heavy atom. The molecule has 1 aromatic rings. The van der Waals surface area contributed by atoms with Crippen molar-refractivity contribution >= 4 is 40.9 Å². The number of hydrogen-bond acceptors (Lipinski definition) is 2. The lowest BCUT2D eigenvalue weighted by Crippen LogP contribution is -2.29. The SMILES string of the molecule is C=CCCNC(=O)Nc1c(Cl)cc(C(=O)O)cc1Cl. The van der Waals surface area contributed by atoms with Crippen molar-refractivity contribution < 1.29 is 14.7 Å². The van der Waals surface area contributed by atoms with E-state index in [9.17, 15) is 9.59 Å². The van der Waals surface area contributed by atoms with Crippen molar-refractivity contribution in [2.75, 3.05) is 11.9 Å². The summed E-state index contributed by atoms with van der Waals surface area (Å²) in [6.45, 7) is 3.95. The first-order valence-electron chi connectivity index (χ1n) is 5.33. The fourth-order valence-corrected chi connectivity index (χ4v) is 1.84. The zero-order valence-electron chi connectivity index (χ0n) is 9.87. The van der Waals surface area contributed by atoms with Gasteiger partial charge in [-0.1, -0.05) is 29.3 Å². The predicted molar refractivity (Wildman–Crippen MR) is 75.3 cm³/mol. The lowest BCUT2D eigenvalue weighted by atomic mass is 10.2. The Morgan fingerprint density at radius 3 is 2.37 bits per heavy atom. The van der Waals surface area contributed by atoms with Crippen LogP contribution in [0, 0.1) is 0 Å². The number of carboxylic acids is 1. The Hall–Kier alpha value is -1.72. The molecule has 0 saturated carbocycles. The number of anilines is 1. The van der Waals surface area contributed by atoms with E-state index in [0.29, 0.717) is 13.0 Å². The molecule has 0 bridgehead atoms. The van der Waals surface area contributed by atoms with Crippen molar-refractivity contribution in [3.63, 3.8) is 0 Å². The highest BCUT2D eigenvalue weighted by molar-refractivity contribution is 6.40. The maximum Gasteiger partial charge on any atom is 0.335 e. The number of aromatic carboxylic acids is 1. The van der Waals surface area contributed by atoms with Crippen molar-refractivity contribution in [3.8, 4) is 0 Å². The highest BCUT2D eigenvalue weighted by Gasteiger charge is 2.14. The highest BCUT2D eigenvalue weighted by Crippen LogP contribution is 2.31. The van der Waals surface area contributed by atoms with E-state index in [4.69, 9.17) is 28.3 Å².